The molecule has 1 aromatic heterocycles. The van der Waals surface area contributed by atoms with Gasteiger partial charge in [0.2, 0.25) is 15.7 Å². The molecular weight excluding hydrogens is 462 g/mol. The highest BCUT2D eigenvalue weighted by atomic mass is 35.5. The molecule has 0 saturated heterocycles. The van der Waals surface area contributed by atoms with Crippen LogP contribution in [0.15, 0.2) is 68.4 Å². The number of rotatable bonds is 7. The maximum atomic E-state index is 12.8. The number of nitrogens with one attached hydrogen (secondary N) is 2. The lowest BCUT2D eigenvalue weighted by Gasteiger charge is -2.08. The van der Waals surface area contributed by atoms with Gasteiger partial charge in [-0.15, -0.1) is 0 Å². The summed E-state index contributed by atoms with van der Waals surface area (Å²) in [6.07, 6.45) is 0.965. The van der Waals surface area contributed by atoms with E-state index in [2.05, 4.69) is 15.3 Å². The first-order valence-electron chi connectivity index (χ1n) is 8.88. The lowest BCUT2D eigenvalue weighted by atomic mass is 10.2. The number of hydrogen-bond acceptors (Lipinski definition) is 7. The molecule has 0 saturated carbocycles. The molecule has 162 valence electrons. The van der Waals surface area contributed by atoms with Crippen molar-refractivity contribution in [2.45, 2.75) is 21.9 Å². The van der Waals surface area contributed by atoms with Gasteiger partial charge in [-0.3, -0.25) is 9.59 Å². The van der Waals surface area contributed by atoms with Crippen molar-refractivity contribution in [3.63, 3.8) is 0 Å². The first-order chi connectivity index (χ1) is 14.7. The predicted molar refractivity (Wildman–Crippen MR) is 119 cm³/mol. The molecule has 0 bridgehead atoms. The van der Waals surface area contributed by atoms with Crippen LogP contribution in [0.25, 0.3) is 0 Å². The zero-order valence-electron chi connectivity index (χ0n) is 16.5. The largest absolute Gasteiger partial charge is 0.495 e. The third-order valence-corrected chi connectivity index (χ3v) is 7.07. The number of carbonyl (C=O) groups is 1. The molecule has 1 heterocycles. The van der Waals surface area contributed by atoms with Gasteiger partial charge in [0.25, 0.3) is 5.56 Å². The molecule has 0 radical (unpaired) electrons. The molecule has 8 nitrogen and oxygen atoms in total. The smallest absolute Gasteiger partial charge is 0.270 e. The Balaban J connectivity index is 1.72. The summed E-state index contributed by atoms with van der Waals surface area (Å²) in [4.78, 5) is 30.1. The minimum Gasteiger partial charge on any atom is -0.495 e. The van der Waals surface area contributed by atoms with E-state index in [4.69, 9.17) is 16.3 Å². The summed E-state index contributed by atoms with van der Waals surface area (Å²) in [6, 6.07) is 11.2. The van der Waals surface area contributed by atoms with Crippen molar-refractivity contribution >= 4 is 44.8 Å². The molecule has 2 aromatic carbocycles. The van der Waals surface area contributed by atoms with Gasteiger partial charge in [-0.25, -0.2) is 13.4 Å². The quantitative estimate of drug-likeness (QED) is 0.394. The number of sulfone groups is 1. The SMILES string of the molecule is COc1ccc(S(=O)(=O)c2cnc(SCC(=O)Nc3ccc(C)cc3)[nH]c2=O)cc1Cl. The summed E-state index contributed by atoms with van der Waals surface area (Å²) in [6.45, 7) is 1.94. The lowest BCUT2D eigenvalue weighted by Crippen LogP contribution is -2.20. The Bertz CT molecular complexity index is 1270. The molecule has 0 spiro atoms. The van der Waals surface area contributed by atoms with Gasteiger partial charge >= 0.3 is 0 Å². The van der Waals surface area contributed by atoms with Gasteiger partial charge < -0.3 is 15.0 Å². The van der Waals surface area contributed by atoms with Crippen molar-refractivity contribution < 1.29 is 17.9 Å². The summed E-state index contributed by atoms with van der Waals surface area (Å²) in [5.74, 6) is 0.00109. The Hall–Kier alpha value is -2.82. The molecule has 31 heavy (non-hydrogen) atoms. The minimum absolute atomic E-state index is 0.0169. The van der Waals surface area contributed by atoms with Gasteiger partial charge in [0.05, 0.1) is 29.0 Å². The van der Waals surface area contributed by atoms with Gasteiger partial charge in [-0.2, -0.15) is 0 Å². The lowest BCUT2D eigenvalue weighted by molar-refractivity contribution is -0.113. The first kappa shape index (κ1) is 22.9. The number of methoxy groups -OCH3 is 1. The molecule has 1 amide bonds. The van der Waals surface area contributed by atoms with E-state index in [0.717, 1.165) is 23.5 Å². The predicted octanol–water partition coefficient (Wildman–Crippen LogP) is 3.30. The highest BCUT2D eigenvalue weighted by Gasteiger charge is 2.23. The fourth-order valence-electron chi connectivity index (χ4n) is 2.54. The first-order valence-corrected chi connectivity index (χ1v) is 11.7. The molecule has 0 unspecified atom stereocenters. The molecule has 0 atom stereocenters. The molecule has 2 N–H and O–H groups in total. The van der Waals surface area contributed by atoms with Crippen LogP contribution >= 0.6 is 23.4 Å². The third-order valence-electron chi connectivity index (χ3n) is 4.14. The average Bonchev–Trinajstić information content (AvgIpc) is 2.73. The Labute approximate surface area is 187 Å². The Morgan fingerprint density at radius 2 is 1.94 bits per heavy atom. The number of anilines is 1. The van der Waals surface area contributed by atoms with Crippen LogP contribution in [0.3, 0.4) is 0 Å². The summed E-state index contributed by atoms with van der Waals surface area (Å²) in [5.41, 5.74) is 0.877. The van der Waals surface area contributed by atoms with Crippen molar-refractivity contribution in [2.24, 2.45) is 0 Å². The number of thioether (sulfide) groups is 1. The van der Waals surface area contributed by atoms with E-state index in [1.807, 2.05) is 19.1 Å². The minimum atomic E-state index is -4.14. The maximum absolute atomic E-state index is 12.8. The number of amides is 1. The van der Waals surface area contributed by atoms with E-state index in [0.29, 0.717) is 11.4 Å². The fourth-order valence-corrected chi connectivity index (χ4v) is 4.76. The van der Waals surface area contributed by atoms with Crippen LogP contribution in [-0.2, 0) is 14.6 Å². The van der Waals surface area contributed by atoms with Crippen LogP contribution in [0.1, 0.15) is 5.56 Å². The topological polar surface area (TPSA) is 118 Å². The molecule has 0 fully saturated rings. The van der Waals surface area contributed by atoms with Crippen LogP contribution < -0.4 is 15.6 Å². The van der Waals surface area contributed by atoms with E-state index in [1.54, 1.807) is 12.1 Å². The molecule has 0 aliphatic carbocycles. The monoisotopic (exact) mass is 479 g/mol. The van der Waals surface area contributed by atoms with E-state index >= 15 is 0 Å². The number of H-pyrrole nitrogens is 1. The number of halogens is 1. The van der Waals surface area contributed by atoms with E-state index in [1.165, 1.54) is 25.3 Å². The van der Waals surface area contributed by atoms with Gasteiger partial charge in [0.1, 0.15) is 5.75 Å². The van der Waals surface area contributed by atoms with Crippen LogP contribution in [0.4, 0.5) is 5.69 Å². The van der Waals surface area contributed by atoms with Gasteiger partial charge in [-0.05, 0) is 37.3 Å². The molecule has 3 rings (SSSR count). The third kappa shape index (κ3) is 5.46. The number of aryl methyl sites for hydroxylation is 1. The summed E-state index contributed by atoms with van der Waals surface area (Å²) >= 11 is 6.97. The second kappa shape index (κ2) is 9.54. The average molecular weight is 480 g/mol. The van der Waals surface area contributed by atoms with Crippen LogP contribution in [0, 0.1) is 6.92 Å². The van der Waals surface area contributed by atoms with E-state index in [9.17, 15) is 18.0 Å². The number of ether oxygens (including phenoxy) is 1. The fraction of sp³-hybridized carbons (Fsp3) is 0.150. The summed E-state index contributed by atoms with van der Waals surface area (Å²) in [7, 11) is -2.74. The highest BCUT2D eigenvalue weighted by molar-refractivity contribution is 7.99. The number of nitrogens with zero attached hydrogens (tertiary/aromatic N) is 1. The Kier molecular flexibility index (Phi) is 7.04. The van der Waals surface area contributed by atoms with E-state index < -0.39 is 20.3 Å². The zero-order valence-corrected chi connectivity index (χ0v) is 18.9. The second-order valence-electron chi connectivity index (χ2n) is 6.38. The van der Waals surface area contributed by atoms with Gasteiger partial charge in [-0.1, -0.05) is 41.1 Å². The number of benzene rings is 2. The van der Waals surface area contributed by atoms with Crippen molar-refractivity contribution in [3.8, 4) is 5.75 Å². The number of aromatic nitrogens is 2. The number of hydrogen-bond donors (Lipinski definition) is 2. The van der Waals surface area contributed by atoms with Gasteiger partial charge in [0.15, 0.2) is 10.1 Å². The molecule has 0 aliphatic heterocycles. The van der Waals surface area contributed by atoms with Crippen LogP contribution in [-0.4, -0.2) is 37.2 Å². The standard InChI is InChI=1S/C20H18ClN3O5S2/c1-12-3-5-13(6-4-12)23-18(25)11-30-20-22-10-17(19(26)24-20)31(27,28)14-7-8-16(29-2)15(21)9-14/h3-10H,11H2,1-2H3,(H,23,25)(H,22,24,26). The molecule has 0 aliphatic rings. The van der Waals surface area contributed by atoms with Crippen molar-refractivity contribution in [3.05, 3.63) is 69.6 Å². The second-order valence-corrected chi connectivity index (χ2v) is 9.67. The normalized spacial score (nSPS) is 11.2. The number of aromatic amines is 1. The zero-order chi connectivity index (χ0) is 22.6. The van der Waals surface area contributed by atoms with Crippen molar-refractivity contribution in [1.82, 2.24) is 9.97 Å². The molecule has 3 aromatic rings. The van der Waals surface area contributed by atoms with Gasteiger partial charge in [0, 0.05) is 5.69 Å². The molecule has 11 heteroatoms. The Morgan fingerprint density at radius 3 is 2.55 bits per heavy atom. The van der Waals surface area contributed by atoms with E-state index in [-0.39, 0.29) is 26.7 Å². The summed E-state index contributed by atoms with van der Waals surface area (Å²) in [5, 5.41) is 2.95. The van der Waals surface area contributed by atoms with Crippen LogP contribution in [0.2, 0.25) is 5.02 Å². The highest BCUT2D eigenvalue weighted by Crippen LogP contribution is 2.29. The Morgan fingerprint density at radius 1 is 1.23 bits per heavy atom. The van der Waals surface area contributed by atoms with Crippen molar-refractivity contribution in [2.75, 3.05) is 18.2 Å². The summed E-state index contributed by atoms with van der Waals surface area (Å²) < 4.78 is 30.6. The maximum Gasteiger partial charge on any atom is 0.270 e. The molecular formula is C20H18ClN3O5S2. The van der Waals surface area contributed by atoms with Crippen molar-refractivity contribution in [1.29, 1.82) is 0 Å². The number of carbonyl (C=O) groups excluding carboxylic acids is 1. The van der Waals surface area contributed by atoms with Crippen LogP contribution in [0.5, 0.6) is 5.75 Å².